The summed E-state index contributed by atoms with van der Waals surface area (Å²) in [6.07, 6.45) is -0.0414. The summed E-state index contributed by atoms with van der Waals surface area (Å²) in [5.41, 5.74) is 0.645. The van der Waals surface area contributed by atoms with Gasteiger partial charge in [0, 0.05) is 25.2 Å². The Kier molecular flexibility index (Phi) is 3.59. The second kappa shape index (κ2) is 5.17. The molecule has 1 unspecified atom stereocenters. The van der Waals surface area contributed by atoms with Crippen LogP contribution in [0.15, 0.2) is 18.2 Å². The van der Waals surface area contributed by atoms with Gasteiger partial charge < -0.3 is 19.5 Å². The van der Waals surface area contributed by atoms with Gasteiger partial charge in [-0.1, -0.05) is 6.92 Å². The second-order valence-electron chi connectivity index (χ2n) is 4.43. The predicted octanol–water partition coefficient (Wildman–Crippen LogP) is 1.49. The van der Waals surface area contributed by atoms with Crippen LogP contribution in [0.4, 0.5) is 5.69 Å². The van der Waals surface area contributed by atoms with Gasteiger partial charge in [0.15, 0.2) is 11.5 Å². The minimum Gasteiger partial charge on any atom is -0.481 e. The van der Waals surface area contributed by atoms with Crippen LogP contribution in [0, 0.1) is 5.92 Å². The molecule has 0 bridgehead atoms. The number of amides is 1. The highest BCUT2D eigenvalue weighted by Gasteiger charge is 2.21. The average molecular weight is 265 g/mol. The molecule has 1 atom stereocenters. The number of carbonyl (C=O) groups is 2. The first-order valence-electron chi connectivity index (χ1n) is 5.88. The van der Waals surface area contributed by atoms with Crippen molar-refractivity contribution in [2.45, 2.75) is 13.3 Å². The number of anilines is 1. The van der Waals surface area contributed by atoms with E-state index in [9.17, 15) is 9.59 Å². The Morgan fingerprint density at radius 2 is 2.05 bits per heavy atom. The number of nitrogens with zero attached hydrogens (tertiary/aromatic N) is 1. The van der Waals surface area contributed by atoms with Crippen LogP contribution in [0.5, 0.6) is 11.5 Å². The molecule has 0 spiro atoms. The zero-order valence-corrected chi connectivity index (χ0v) is 10.8. The van der Waals surface area contributed by atoms with Crippen LogP contribution in [0.25, 0.3) is 0 Å². The van der Waals surface area contributed by atoms with Gasteiger partial charge in [0.1, 0.15) is 0 Å². The Balaban J connectivity index is 2.09. The molecule has 1 aromatic rings. The summed E-state index contributed by atoms with van der Waals surface area (Å²) in [5, 5.41) is 8.80. The topological polar surface area (TPSA) is 76.1 Å². The molecular weight excluding hydrogens is 250 g/mol. The number of rotatable bonds is 4. The van der Waals surface area contributed by atoms with Gasteiger partial charge in [-0.15, -0.1) is 0 Å². The number of hydrogen-bond donors (Lipinski definition) is 1. The van der Waals surface area contributed by atoms with Crippen LogP contribution in [0.1, 0.15) is 13.3 Å². The summed E-state index contributed by atoms with van der Waals surface area (Å²) in [4.78, 5) is 24.1. The van der Waals surface area contributed by atoms with Crippen LogP contribution >= 0.6 is 0 Å². The van der Waals surface area contributed by atoms with Crippen molar-refractivity contribution in [1.29, 1.82) is 0 Å². The number of carboxylic acid groups (broad SMARTS) is 1. The number of fused-ring (bicyclic) bond motifs is 1. The van der Waals surface area contributed by atoms with E-state index in [1.54, 1.807) is 25.2 Å². The fourth-order valence-corrected chi connectivity index (χ4v) is 1.72. The number of benzene rings is 1. The predicted molar refractivity (Wildman–Crippen MR) is 67.4 cm³/mol. The summed E-state index contributed by atoms with van der Waals surface area (Å²) < 4.78 is 10.4. The van der Waals surface area contributed by atoms with Crippen molar-refractivity contribution >= 4 is 17.6 Å². The quantitative estimate of drug-likeness (QED) is 0.892. The van der Waals surface area contributed by atoms with Crippen molar-refractivity contribution in [3.8, 4) is 11.5 Å². The molecule has 0 aliphatic carbocycles. The molecular formula is C13H15NO5. The molecule has 1 aromatic carbocycles. The molecule has 1 amide bonds. The van der Waals surface area contributed by atoms with Gasteiger partial charge in [0.25, 0.3) is 0 Å². The molecule has 0 saturated heterocycles. The lowest BCUT2D eigenvalue weighted by molar-refractivity contribution is -0.143. The molecule has 1 heterocycles. The normalized spacial score (nSPS) is 14.0. The van der Waals surface area contributed by atoms with Gasteiger partial charge in [-0.3, -0.25) is 9.59 Å². The highest BCUT2D eigenvalue weighted by Crippen LogP contribution is 2.35. The van der Waals surface area contributed by atoms with Crippen molar-refractivity contribution in [3.05, 3.63) is 18.2 Å². The Hall–Kier alpha value is -2.24. The third-order valence-corrected chi connectivity index (χ3v) is 3.02. The Morgan fingerprint density at radius 3 is 2.74 bits per heavy atom. The highest BCUT2D eigenvalue weighted by atomic mass is 16.7. The number of aliphatic carboxylic acids is 1. The van der Waals surface area contributed by atoms with Gasteiger partial charge in [0.2, 0.25) is 12.7 Å². The Morgan fingerprint density at radius 1 is 1.37 bits per heavy atom. The van der Waals surface area contributed by atoms with Gasteiger partial charge in [-0.25, -0.2) is 0 Å². The lowest BCUT2D eigenvalue weighted by Crippen LogP contribution is -2.29. The van der Waals surface area contributed by atoms with E-state index in [2.05, 4.69) is 0 Å². The molecule has 102 valence electrons. The lowest BCUT2D eigenvalue weighted by atomic mass is 10.1. The molecule has 19 heavy (non-hydrogen) atoms. The molecule has 1 aliphatic rings. The van der Waals surface area contributed by atoms with E-state index in [0.717, 1.165) is 0 Å². The minimum atomic E-state index is -0.979. The second-order valence-corrected chi connectivity index (χ2v) is 4.43. The van der Waals surface area contributed by atoms with E-state index in [4.69, 9.17) is 14.6 Å². The van der Waals surface area contributed by atoms with Crippen LogP contribution < -0.4 is 14.4 Å². The smallest absolute Gasteiger partial charge is 0.306 e. The third-order valence-electron chi connectivity index (χ3n) is 3.02. The van der Waals surface area contributed by atoms with E-state index < -0.39 is 11.9 Å². The van der Waals surface area contributed by atoms with E-state index >= 15 is 0 Å². The summed E-state index contributed by atoms with van der Waals surface area (Å²) in [6.45, 7) is 1.68. The molecule has 0 aromatic heterocycles. The third kappa shape index (κ3) is 2.78. The average Bonchev–Trinajstić information content (AvgIpc) is 2.84. The molecule has 0 fully saturated rings. The van der Waals surface area contributed by atoms with Gasteiger partial charge in [-0.2, -0.15) is 0 Å². The molecule has 2 rings (SSSR count). The SMILES string of the molecule is CC(CC(=O)N(C)c1ccc2c(c1)OCO2)C(=O)O. The van der Waals surface area contributed by atoms with Crippen LogP contribution in [-0.2, 0) is 9.59 Å². The van der Waals surface area contributed by atoms with Crippen molar-refractivity contribution in [2.75, 3.05) is 18.7 Å². The number of carbonyl (C=O) groups excluding carboxylic acids is 1. The van der Waals surface area contributed by atoms with E-state index in [0.29, 0.717) is 17.2 Å². The summed E-state index contributed by atoms with van der Waals surface area (Å²) in [6, 6.07) is 5.16. The van der Waals surface area contributed by atoms with Crippen molar-refractivity contribution in [3.63, 3.8) is 0 Å². The zero-order chi connectivity index (χ0) is 14.0. The highest BCUT2D eigenvalue weighted by molar-refractivity contribution is 5.95. The molecule has 1 aliphatic heterocycles. The number of carboxylic acids is 1. The fraction of sp³-hybridized carbons (Fsp3) is 0.385. The van der Waals surface area contributed by atoms with Crippen molar-refractivity contribution in [1.82, 2.24) is 0 Å². The maximum Gasteiger partial charge on any atom is 0.306 e. The lowest BCUT2D eigenvalue weighted by Gasteiger charge is -2.18. The fourth-order valence-electron chi connectivity index (χ4n) is 1.72. The van der Waals surface area contributed by atoms with E-state index in [-0.39, 0.29) is 19.1 Å². The summed E-state index contributed by atoms with van der Waals surface area (Å²) >= 11 is 0. The van der Waals surface area contributed by atoms with E-state index in [1.807, 2.05) is 0 Å². The number of ether oxygens (including phenoxy) is 2. The van der Waals surface area contributed by atoms with Gasteiger partial charge in [0.05, 0.1) is 5.92 Å². The summed E-state index contributed by atoms with van der Waals surface area (Å²) in [5.74, 6) is -0.711. The minimum absolute atomic E-state index is 0.0414. The first kappa shape index (κ1) is 13.2. The van der Waals surface area contributed by atoms with Crippen molar-refractivity contribution in [2.24, 2.45) is 5.92 Å². The largest absolute Gasteiger partial charge is 0.481 e. The maximum absolute atomic E-state index is 11.9. The molecule has 0 radical (unpaired) electrons. The zero-order valence-electron chi connectivity index (χ0n) is 10.8. The van der Waals surface area contributed by atoms with E-state index in [1.165, 1.54) is 11.8 Å². The van der Waals surface area contributed by atoms with Crippen LogP contribution in [0.3, 0.4) is 0 Å². The molecule has 6 heteroatoms. The summed E-state index contributed by atoms with van der Waals surface area (Å²) in [7, 11) is 1.61. The molecule has 1 N–H and O–H groups in total. The Labute approximate surface area is 110 Å². The Bertz CT molecular complexity index is 514. The van der Waals surface area contributed by atoms with Gasteiger partial charge >= 0.3 is 5.97 Å². The number of hydrogen-bond acceptors (Lipinski definition) is 4. The standard InChI is InChI=1S/C13H15NO5/c1-8(13(16)17)5-12(15)14(2)9-3-4-10-11(6-9)19-7-18-10/h3-4,6,8H,5,7H2,1-2H3,(H,16,17). The van der Waals surface area contributed by atoms with Crippen molar-refractivity contribution < 1.29 is 24.2 Å². The van der Waals surface area contributed by atoms with Crippen LogP contribution in [-0.4, -0.2) is 30.8 Å². The monoisotopic (exact) mass is 265 g/mol. The molecule has 6 nitrogen and oxygen atoms in total. The van der Waals surface area contributed by atoms with Gasteiger partial charge in [-0.05, 0) is 12.1 Å². The molecule has 0 saturated carbocycles. The van der Waals surface area contributed by atoms with Crippen LogP contribution in [0.2, 0.25) is 0 Å². The maximum atomic E-state index is 11.9. The first-order chi connectivity index (χ1) is 8.99. The first-order valence-corrected chi connectivity index (χ1v) is 5.88.